The normalized spacial score (nSPS) is 35.6. The van der Waals surface area contributed by atoms with Crippen LogP contribution in [0.1, 0.15) is 57.6 Å². The molecule has 19 nitrogen and oxygen atoms in total. The molecule has 2 aliphatic heterocycles. The molecule has 1 saturated carbocycles. The van der Waals surface area contributed by atoms with E-state index in [1.165, 1.54) is 25.1 Å². The van der Waals surface area contributed by atoms with Crippen LogP contribution in [-0.4, -0.2) is 167 Å². The lowest BCUT2D eigenvalue weighted by molar-refractivity contribution is -0.205. The summed E-state index contributed by atoms with van der Waals surface area (Å²) in [5.74, 6) is -10.1. The fraction of sp³-hybridized carbons (Fsp3) is 0.643. The van der Waals surface area contributed by atoms with Crippen LogP contribution >= 0.6 is 23.4 Å². The summed E-state index contributed by atoms with van der Waals surface area (Å²) < 4.78 is 5.89. The summed E-state index contributed by atoms with van der Waals surface area (Å²) in [6.45, 7) is 6.01. The van der Waals surface area contributed by atoms with E-state index in [2.05, 4.69) is 16.0 Å². The zero-order chi connectivity index (χ0) is 46.5. The van der Waals surface area contributed by atoms with Gasteiger partial charge in [0.1, 0.15) is 52.7 Å². The molecule has 2 saturated heterocycles. The molecule has 14 atom stereocenters. The van der Waals surface area contributed by atoms with Crippen molar-refractivity contribution in [1.82, 2.24) is 20.9 Å². The highest BCUT2D eigenvalue weighted by molar-refractivity contribution is 7.99. The molecule has 13 N–H and O–H groups in total. The summed E-state index contributed by atoms with van der Waals surface area (Å²) in [6, 6.07) is 1.68. The van der Waals surface area contributed by atoms with Gasteiger partial charge >= 0.3 is 0 Å². The smallest absolute Gasteiger partial charge is 0.255 e. The van der Waals surface area contributed by atoms with Crippen LogP contribution in [0.5, 0.6) is 5.75 Å². The van der Waals surface area contributed by atoms with Gasteiger partial charge in [0.2, 0.25) is 17.6 Å². The number of aliphatic hydroxyl groups excluding tert-OH is 5. The number of carbonyl (C=O) groups excluding carboxylic acids is 5. The highest BCUT2D eigenvalue weighted by atomic mass is 35.5. The van der Waals surface area contributed by atoms with Gasteiger partial charge in [0.25, 0.3) is 5.91 Å². The van der Waals surface area contributed by atoms with Crippen LogP contribution in [0.4, 0.5) is 0 Å². The quantitative estimate of drug-likeness (QED) is 0.0592. The number of rotatable bonds is 14. The predicted molar refractivity (Wildman–Crippen MR) is 228 cm³/mol. The van der Waals surface area contributed by atoms with Crippen LogP contribution in [0.2, 0.25) is 0 Å². The summed E-state index contributed by atoms with van der Waals surface area (Å²) in [5, 5.41) is 96.2. The van der Waals surface area contributed by atoms with Gasteiger partial charge in [0.05, 0.1) is 34.5 Å². The lowest BCUT2D eigenvalue weighted by Gasteiger charge is -2.52. The van der Waals surface area contributed by atoms with E-state index in [9.17, 15) is 64.8 Å². The number of hydrogen-bond acceptors (Lipinski definition) is 17. The number of nitrogens with two attached hydrogens (primary N) is 1. The Morgan fingerprint density at radius 2 is 1.75 bits per heavy atom. The number of hydrogen-bond donors (Lipinski definition) is 12. The molecule has 0 radical (unpaired) electrons. The fourth-order valence-corrected chi connectivity index (χ4v) is 10.9. The molecule has 1 aromatic rings. The Morgan fingerprint density at radius 1 is 1.05 bits per heavy atom. The van der Waals surface area contributed by atoms with Gasteiger partial charge in [-0.25, -0.2) is 0 Å². The van der Waals surface area contributed by atoms with Crippen LogP contribution in [0, 0.1) is 23.7 Å². The van der Waals surface area contributed by atoms with Crippen molar-refractivity contribution in [1.29, 1.82) is 0 Å². The number of thioether (sulfide) groups is 1. The summed E-state index contributed by atoms with van der Waals surface area (Å²) in [5.41, 5.74) is -1.96. The summed E-state index contributed by atoms with van der Waals surface area (Å²) >= 11 is 7.63. The van der Waals surface area contributed by atoms with Gasteiger partial charge in [-0.05, 0) is 50.5 Å². The second-order valence-electron chi connectivity index (χ2n) is 17.4. The van der Waals surface area contributed by atoms with Gasteiger partial charge in [-0.2, -0.15) is 0 Å². The second-order valence-corrected chi connectivity index (χ2v) is 19.1. The van der Waals surface area contributed by atoms with Crippen molar-refractivity contribution >= 4 is 58.4 Å². The third-order valence-electron chi connectivity index (χ3n) is 13.5. The highest BCUT2D eigenvalue weighted by Crippen LogP contribution is 2.56. The molecule has 348 valence electrons. The number of ketones is 2. The summed E-state index contributed by atoms with van der Waals surface area (Å²) in [6.07, 6.45) is -2.80. The number of alkyl halides is 1. The van der Waals surface area contributed by atoms with Gasteiger partial charge in [0, 0.05) is 56.6 Å². The van der Waals surface area contributed by atoms with E-state index in [-0.39, 0.29) is 61.3 Å². The molecule has 0 bridgehead atoms. The van der Waals surface area contributed by atoms with Crippen LogP contribution in [0.3, 0.4) is 0 Å². The highest BCUT2D eigenvalue weighted by Gasteiger charge is 2.66. The number of nitrogens with zero attached hydrogens (tertiary/aromatic N) is 1. The van der Waals surface area contributed by atoms with E-state index in [0.717, 1.165) is 18.2 Å². The van der Waals surface area contributed by atoms with Gasteiger partial charge in [-0.1, -0.05) is 25.5 Å². The monoisotopic (exact) mass is 923 g/mol. The Morgan fingerprint density at radius 3 is 2.38 bits per heavy atom. The van der Waals surface area contributed by atoms with Crippen molar-refractivity contribution in [3.05, 3.63) is 46.2 Å². The van der Waals surface area contributed by atoms with Crippen molar-refractivity contribution < 1.29 is 69.6 Å². The van der Waals surface area contributed by atoms with Crippen LogP contribution < -0.4 is 21.7 Å². The molecule has 3 aliphatic carbocycles. The number of carbonyl (C=O) groups is 5. The number of ether oxygens (including phenoxy) is 1. The van der Waals surface area contributed by atoms with Crippen LogP contribution in [0.25, 0.3) is 5.76 Å². The zero-order valence-corrected chi connectivity index (χ0v) is 36.9. The molecule has 0 spiro atoms. The lowest BCUT2D eigenvalue weighted by Crippen LogP contribution is -2.67. The Kier molecular flexibility index (Phi) is 14.6. The number of Topliss-reactive ketones (excluding diaryl/α,β-unsaturated/α-hetero) is 2. The Balaban J connectivity index is 1.08. The van der Waals surface area contributed by atoms with Crippen LogP contribution in [0.15, 0.2) is 35.1 Å². The van der Waals surface area contributed by atoms with Gasteiger partial charge in [-0.15, -0.1) is 23.4 Å². The molecule has 0 aromatic heterocycles. The van der Waals surface area contributed by atoms with Crippen molar-refractivity contribution in [2.45, 2.75) is 105 Å². The molecule has 63 heavy (non-hydrogen) atoms. The van der Waals surface area contributed by atoms with Gasteiger partial charge in [-0.3, -0.25) is 24.0 Å². The number of halogens is 1. The number of benzene rings is 1. The van der Waals surface area contributed by atoms with E-state index in [1.54, 1.807) is 13.2 Å². The molecule has 3 fully saturated rings. The molecule has 6 rings (SSSR count). The Labute approximate surface area is 373 Å². The minimum atomic E-state index is -2.95. The molecular formula is C42H58ClN5O14S. The van der Waals surface area contributed by atoms with Gasteiger partial charge in [0.15, 0.2) is 11.4 Å². The number of piperidine rings is 1. The van der Waals surface area contributed by atoms with Gasteiger partial charge < -0.3 is 72.2 Å². The first-order valence-electron chi connectivity index (χ1n) is 21.0. The number of likely N-dealkylation sites (tertiary alicyclic amines) is 1. The lowest BCUT2D eigenvalue weighted by atomic mass is 9.54. The molecule has 2 heterocycles. The van der Waals surface area contributed by atoms with E-state index >= 15 is 0 Å². The van der Waals surface area contributed by atoms with Crippen LogP contribution in [-0.2, 0) is 34.3 Å². The number of aliphatic hydroxyl groups is 7. The predicted octanol–water partition coefficient (Wildman–Crippen LogP) is -1.21. The number of phenols is 1. The summed E-state index contributed by atoms with van der Waals surface area (Å²) in [4.78, 5) is 69.3. The Bertz CT molecular complexity index is 2050. The number of amides is 3. The third-order valence-corrected chi connectivity index (χ3v) is 14.6. The molecule has 6 unspecified atom stereocenters. The van der Waals surface area contributed by atoms with E-state index in [4.69, 9.17) is 22.1 Å². The number of fused-ring (bicyclic) bond motifs is 3. The largest absolute Gasteiger partial charge is 0.508 e. The molecule has 5 aliphatic rings. The van der Waals surface area contributed by atoms with E-state index < -0.39 is 122 Å². The maximum atomic E-state index is 14.2. The average molecular weight is 924 g/mol. The molecule has 1 aromatic carbocycles. The topological polar surface area (TPSA) is 322 Å². The maximum Gasteiger partial charge on any atom is 0.255 e. The van der Waals surface area contributed by atoms with Crippen molar-refractivity contribution in [3.8, 4) is 5.75 Å². The standard InChI is InChI=1S/C42H58ClN5O14S/c1-5-18-13-19(39(59)47-28(17(2)43)35-33(54)32(53)34(55)40(62-35)63-4)16-48(15-18)12-9-24(50)45-10-11-46-29-22-14-21-26(30(51)25-20(41(21,3)60)7-6-8-23(25)49)36(56)42(22,61)37(57)27(31(29)52)38(44)58/h6-8,17-19,21-22,28-29,32-35,40,46,49,51,53-55,57,60-61H,5,9-16H2,1-4H3,(H2,44,58)(H,45,50)(H,47,59)/t17?,18?,19?,21-,22-,28?,29-,32+,33+,34?,35?,40+,41+,42-/m0/s1. The van der Waals surface area contributed by atoms with Crippen molar-refractivity contribution in [2.24, 2.45) is 29.4 Å². The number of phenolic OH excluding ortho intramolecular Hbond substituents is 1. The van der Waals surface area contributed by atoms with E-state index in [1.807, 2.05) is 11.8 Å². The molecule has 21 heteroatoms. The number of nitrogens with one attached hydrogen (secondary N) is 3. The number of primary amides is 1. The summed E-state index contributed by atoms with van der Waals surface area (Å²) in [7, 11) is 0. The van der Waals surface area contributed by atoms with Crippen molar-refractivity contribution in [2.75, 3.05) is 39.0 Å². The maximum absolute atomic E-state index is 14.2. The first-order valence-corrected chi connectivity index (χ1v) is 22.8. The third kappa shape index (κ3) is 8.83. The Hall–Kier alpha value is -3.83. The van der Waals surface area contributed by atoms with Crippen molar-refractivity contribution in [3.63, 3.8) is 0 Å². The van der Waals surface area contributed by atoms with E-state index in [0.29, 0.717) is 19.5 Å². The molecule has 3 amide bonds. The zero-order valence-electron chi connectivity index (χ0n) is 35.4. The average Bonchev–Trinajstić information content (AvgIpc) is 3.23. The number of aromatic hydroxyl groups is 1. The minimum Gasteiger partial charge on any atom is -0.508 e. The fourth-order valence-electron chi connectivity index (χ4n) is 10.0. The first-order chi connectivity index (χ1) is 29.6. The minimum absolute atomic E-state index is 0.0264. The SMILES string of the molecule is CCC1CC(C(=O)NC(C(C)Cl)C2O[C@H](SC)C(O)[C@H](O)[C@H]2O)CN(CCC(=O)NCCN[C@@H]2C(=O)C(C(N)=O)=C(O)[C@@]3(O)C(=O)C4=C(O)c5c(O)cccc5[C@@](C)(O)[C@H]4C[C@@H]23)C1. The first kappa shape index (κ1) is 48.6. The molecular weight excluding hydrogens is 866 g/mol. The second kappa shape index (κ2) is 18.9.